The third kappa shape index (κ3) is 17.8. The maximum absolute atomic E-state index is 10.0. The van der Waals surface area contributed by atoms with E-state index in [-0.39, 0.29) is 52.6 Å². The smallest absolute Gasteiger partial charge is 0.155 e. The first-order valence-electron chi connectivity index (χ1n) is 2.01. The van der Waals surface area contributed by atoms with Gasteiger partial charge < -0.3 is 10.6 Å². The van der Waals surface area contributed by atoms with Crippen LogP contribution in [0.4, 0.5) is 0 Å². The van der Waals surface area contributed by atoms with Crippen LogP contribution >= 0.6 is 0 Å². The first kappa shape index (κ1) is 16.2. The topological polar surface area (TPSA) is 68.8 Å². The fraction of sp³-hybridized carbons (Fsp3) is 0.400. The van der Waals surface area contributed by atoms with E-state index in [1.807, 2.05) is 0 Å². The van der Waals surface area contributed by atoms with Crippen molar-refractivity contribution in [1.82, 2.24) is 0 Å². The number of rotatable bonds is 1. The monoisotopic (exact) mass is 257 g/mol. The van der Waals surface area contributed by atoms with Gasteiger partial charge in [-0.25, -0.2) is 0 Å². The van der Waals surface area contributed by atoms with E-state index >= 15 is 0 Å². The Hall–Kier alpha value is 0.365. The summed E-state index contributed by atoms with van der Waals surface area (Å²) in [4.78, 5) is 10.0. The van der Waals surface area contributed by atoms with Crippen molar-refractivity contribution in [2.75, 3.05) is 0 Å². The summed E-state index contributed by atoms with van der Waals surface area (Å²) in [6, 6.07) is 0. The molecule has 0 saturated heterocycles. The largest absolute Gasteiger partial charge is 0.512 e. The van der Waals surface area contributed by atoms with E-state index in [2.05, 4.69) is 0 Å². The van der Waals surface area contributed by atoms with Crippen molar-refractivity contribution in [2.24, 2.45) is 0 Å². The van der Waals surface area contributed by atoms with E-state index in [1.54, 1.807) is 0 Å². The normalized spacial score (nSPS) is 8.89. The molecule has 3 N–H and O–H groups in total. The maximum Gasteiger partial charge on any atom is 0.155 e. The molecule has 0 aliphatic heterocycles. The first-order valence-corrected chi connectivity index (χ1v) is 2.01. The summed E-state index contributed by atoms with van der Waals surface area (Å²) in [5.41, 5.74) is 0. The van der Waals surface area contributed by atoms with Crippen molar-refractivity contribution in [3.63, 3.8) is 0 Å². The van der Waals surface area contributed by atoms with Crippen LogP contribution in [0.3, 0.4) is 0 Å². The minimum absolute atomic E-state index is 0. The van der Waals surface area contributed by atoms with Crippen LogP contribution in [0.1, 0.15) is 13.8 Å². The zero-order valence-electron chi connectivity index (χ0n) is 5.51. The summed E-state index contributed by atoms with van der Waals surface area (Å²) in [7, 11) is 0. The summed E-state index contributed by atoms with van der Waals surface area (Å²) in [5.74, 6) is -0.0625. The van der Waals surface area contributed by atoms with Gasteiger partial charge in [-0.1, -0.05) is 0 Å². The minimum Gasteiger partial charge on any atom is -0.512 e. The first-order chi connectivity index (χ1) is 3.13. The Bertz CT molecular complexity index is 105. The number of hydrogen-bond acceptors (Lipinski definition) is 2. The number of aliphatic hydroxyl groups excluding tert-OH is 1. The molecule has 9 heavy (non-hydrogen) atoms. The summed E-state index contributed by atoms with van der Waals surface area (Å²) < 4.78 is 0. The molecule has 0 aromatic heterocycles. The number of carbonyl (C=O) groups excluding carboxylic acids is 1. The average Bonchev–Trinajstić information content (AvgIpc) is 1.27. The quantitative estimate of drug-likeness (QED) is 0.539. The van der Waals surface area contributed by atoms with Crippen LogP contribution in [0.2, 0.25) is 0 Å². The zero-order chi connectivity index (χ0) is 5.86. The molecule has 3 nitrogen and oxygen atoms in total. The predicted octanol–water partition coefficient (Wildman–Crippen LogP) is 0.213. The molecular formula is C5H10LaO3. The van der Waals surface area contributed by atoms with Gasteiger partial charge in [0.25, 0.3) is 0 Å². The van der Waals surface area contributed by atoms with Gasteiger partial charge in [-0.3, -0.25) is 4.79 Å². The van der Waals surface area contributed by atoms with Crippen LogP contribution in [0, 0.1) is 35.6 Å². The van der Waals surface area contributed by atoms with Gasteiger partial charge in [0.05, 0.1) is 5.76 Å². The van der Waals surface area contributed by atoms with Gasteiger partial charge in [-0.15, -0.1) is 0 Å². The number of ketones is 1. The van der Waals surface area contributed by atoms with E-state index in [1.165, 1.54) is 19.9 Å². The predicted molar refractivity (Wildman–Crippen MR) is 30.7 cm³/mol. The maximum atomic E-state index is 10.0. The molecular weight excluding hydrogens is 247 g/mol. The second-order valence-electron chi connectivity index (χ2n) is 1.40. The van der Waals surface area contributed by atoms with E-state index in [9.17, 15) is 4.79 Å². The molecule has 1 radical (unpaired) electrons. The molecule has 0 aliphatic rings. The molecule has 0 unspecified atom stereocenters. The average molecular weight is 257 g/mol. The Labute approximate surface area is 82.0 Å². The van der Waals surface area contributed by atoms with Crippen molar-refractivity contribution >= 4 is 5.78 Å². The van der Waals surface area contributed by atoms with Gasteiger partial charge in [0.15, 0.2) is 5.78 Å². The minimum atomic E-state index is -0.125. The Morgan fingerprint density at radius 3 is 1.78 bits per heavy atom. The zero-order valence-corrected chi connectivity index (χ0v) is 9.14. The molecule has 0 bridgehead atoms. The third-order valence-electron chi connectivity index (χ3n) is 0.412. The fourth-order valence-electron chi connectivity index (χ4n) is 0.294. The number of allylic oxidation sites excluding steroid dienone is 2. The Kier molecular flexibility index (Phi) is 15.0. The summed E-state index contributed by atoms with van der Waals surface area (Å²) in [5, 5.41) is 8.36. The van der Waals surface area contributed by atoms with E-state index in [0.29, 0.717) is 0 Å². The second kappa shape index (κ2) is 8.36. The van der Waals surface area contributed by atoms with Crippen molar-refractivity contribution in [1.29, 1.82) is 0 Å². The van der Waals surface area contributed by atoms with Crippen LogP contribution in [0.15, 0.2) is 11.8 Å². The number of hydrogen-bond donors (Lipinski definition) is 1. The summed E-state index contributed by atoms with van der Waals surface area (Å²) in [6.45, 7) is 2.85. The number of carbonyl (C=O) groups is 1. The molecule has 0 aliphatic carbocycles. The van der Waals surface area contributed by atoms with Gasteiger partial charge >= 0.3 is 0 Å². The standard InChI is InChI=1S/C5H8O2.La.H2O/c1-4(6)3-5(2)7;;/h3,6H,1-2H3;;1H2/b4-3-;;. The van der Waals surface area contributed by atoms with Crippen molar-refractivity contribution in [3.05, 3.63) is 11.8 Å². The van der Waals surface area contributed by atoms with Crippen molar-refractivity contribution < 1.29 is 51.0 Å². The van der Waals surface area contributed by atoms with Crippen LogP contribution in [0.5, 0.6) is 0 Å². The van der Waals surface area contributed by atoms with Gasteiger partial charge in [0.2, 0.25) is 0 Å². The van der Waals surface area contributed by atoms with Crippen LogP contribution < -0.4 is 0 Å². The van der Waals surface area contributed by atoms with Crippen molar-refractivity contribution in [2.45, 2.75) is 13.8 Å². The summed E-state index contributed by atoms with van der Waals surface area (Å²) in [6.07, 6.45) is 1.17. The molecule has 0 rings (SSSR count). The molecule has 0 saturated carbocycles. The van der Waals surface area contributed by atoms with Gasteiger partial charge in [-0.05, 0) is 13.8 Å². The Morgan fingerprint density at radius 2 is 1.78 bits per heavy atom. The molecule has 0 heterocycles. The molecule has 0 fully saturated rings. The molecule has 0 aromatic carbocycles. The van der Waals surface area contributed by atoms with Crippen molar-refractivity contribution in [3.8, 4) is 0 Å². The molecule has 0 spiro atoms. The molecule has 0 amide bonds. The summed E-state index contributed by atoms with van der Waals surface area (Å²) >= 11 is 0. The molecule has 0 aromatic rings. The van der Waals surface area contributed by atoms with E-state index in [4.69, 9.17) is 5.11 Å². The Morgan fingerprint density at radius 1 is 1.44 bits per heavy atom. The SMILES string of the molecule is CC(=O)/C=C(/C)O.O.[La]. The van der Waals surface area contributed by atoms with Crippen LogP contribution in [-0.2, 0) is 4.79 Å². The molecule has 4 heteroatoms. The third-order valence-corrected chi connectivity index (χ3v) is 0.412. The van der Waals surface area contributed by atoms with E-state index < -0.39 is 0 Å². The van der Waals surface area contributed by atoms with Gasteiger partial charge in [-0.2, -0.15) is 0 Å². The fourth-order valence-corrected chi connectivity index (χ4v) is 0.294. The van der Waals surface area contributed by atoms with Gasteiger partial charge in [0, 0.05) is 41.7 Å². The molecule has 51 valence electrons. The second-order valence-corrected chi connectivity index (χ2v) is 1.40. The molecule has 0 atom stereocenters. The van der Waals surface area contributed by atoms with Crippen LogP contribution in [-0.4, -0.2) is 16.4 Å². The van der Waals surface area contributed by atoms with Crippen LogP contribution in [0.25, 0.3) is 0 Å². The van der Waals surface area contributed by atoms with Gasteiger partial charge in [0.1, 0.15) is 0 Å². The van der Waals surface area contributed by atoms with E-state index in [0.717, 1.165) is 0 Å². The number of aliphatic hydroxyl groups is 1. The Balaban J connectivity index is -0.000000180.